The summed E-state index contributed by atoms with van der Waals surface area (Å²) in [6, 6.07) is 12.4. The maximum Gasteiger partial charge on any atom is 0.315 e. The normalized spacial score (nSPS) is 12.8. The summed E-state index contributed by atoms with van der Waals surface area (Å²) in [4.78, 5) is 23.3. The van der Waals surface area contributed by atoms with Crippen LogP contribution in [0.2, 0.25) is 0 Å². The van der Waals surface area contributed by atoms with Crippen LogP contribution < -0.4 is 16.0 Å². The maximum absolute atomic E-state index is 13.8. The summed E-state index contributed by atoms with van der Waals surface area (Å²) in [5.74, 6) is -0.513. The smallest absolute Gasteiger partial charge is 0.315 e. The predicted octanol–water partition coefficient (Wildman–Crippen LogP) is 3.91. The van der Waals surface area contributed by atoms with Gasteiger partial charge in [-0.1, -0.05) is 30.3 Å². The summed E-state index contributed by atoms with van der Waals surface area (Å²) in [6.07, 6.45) is 0. The van der Waals surface area contributed by atoms with Crippen molar-refractivity contribution in [2.24, 2.45) is 0 Å². The van der Waals surface area contributed by atoms with E-state index in [2.05, 4.69) is 16.0 Å². The first kappa shape index (κ1) is 18.4. The lowest BCUT2D eigenvalue weighted by molar-refractivity contribution is -0.114. The fourth-order valence-corrected chi connectivity index (χ4v) is 2.51. The molecule has 0 aliphatic carbocycles. The predicted molar refractivity (Wildman–Crippen MR) is 95.6 cm³/mol. The zero-order valence-corrected chi connectivity index (χ0v) is 14.5. The molecule has 2 rings (SSSR count). The van der Waals surface area contributed by atoms with Crippen LogP contribution in [0, 0.1) is 5.82 Å². The molecule has 0 heterocycles. The molecule has 132 valence electrons. The minimum atomic E-state index is -0.459. The molecule has 5 nitrogen and oxygen atoms in total. The summed E-state index contributed by atoms with van der Waals surface area (Å²) in [5.41, 5.74) is 1.94. The Kier molecular flexibility index (Phi) is 6.11. The molecule has 0 unspecified atom stereocenters. The van der Waals surface area contributed by atoms with E-state index in [0.29, 0.717) is 11.3 Å². The van der Waals surface area contributed by atoms with Crippen molar-refractivity contribution in [1.29, 1.82) is 0 Å². The molecule has 0 aromatic heterocycles. The molecule has 0 saturated carbocycles. The second-order valence-corrected chi connectivity index (χ2v) is 5.89. The number of amides is 3. The number of benzene rings is 2. The number of nitrogens with one attached hydrogen (secondary N) is 3. The van der Waals surface area contributed by atoms with Crippen molar-refractivity contribution < 1.29 is 14.0 Å². The number of rotatable bonds is 5. The molecule has 0 saturated heterocycles. The SMILES string of the molecule is CC(=O)Nc1cccc([C@@H](C)NC(=O)N[C@@H](C)c2ccccc2F)c1. The molecule has 0 aliphatic heterocycles. The molecular weight excluding hydrogens is 321 g/mol. The zero-order valence-electron chi connectivity index (χ0n) is 14.5. The molecule has 2 atom stereocenters. The molecule has 3 N–H and O–H groups in total. The van der Waals surface area contributed by atoms with Gasteiger partial charge < -0.3 is 16.0 Å². The minimum absolute atomic E-state index is 0.158. The van der Waals surface area contributed by atoms with Crippen LogP contribution in [0.15, 0.2) is 48.5 Å². The van der Waals surface area contributed by atoms with Crippen molar-refractivity contribution in [3.63, 3.8) is 0 Å². The standard InChI is InChI=1S/C19H22FN3O2/c1-12(15-7-6-8-16(11-15)23-14(3)24)21-19(25)22-13(2)17-9-4-5-10-18(17)20/h4-13H,1-3H3,(H,23,24)(H2,21,22,25)/t12-,13+/m1/s1. The first-order valence-corrected chi connectivity index (χ1v) is 8.06. The van der Waals surface area contributed by atoms with Crippen molar-refractivity contribution >= 4 is 17.6 Å². The van der Waals surface area contributed by atoms with Crippen molar-refractivity contribution in [2.45, 2.75) is 32.9 Å². The average molecular weight is 343 g/mol. The Bertz CT molecular complexity index is 764. The molecule has 2 aromatic carbocycles. The van der Waals surface area contributed by atoms with Gasteiger partial charge in [-0.2, -0.15) is 0 Å². The molecule has 6 heteroatoms. The lowest BCUT2D eigenvalue weighted by atomic mass is 10.1. The van der Waals surface area contributed by atoms with E-state index in [9.17, 15) is 14.0 Å². The first-order chi connectivity index (χ1) is 11.9. The van der Waals surface area contributed by atoms with Crippen LogP contribution in [0.25, 0.3) is 0 Å². The highest BCUT2D eigenvalue weighted by molar-refractivity contribution is 5.88. The molecule has 0 aliphatic rings. The second-order valence-electron chi connectivity index (χ2n) is 5.89. The summed E-state index contributed by atoms with van der Waals surface area (Å²) in [7, 11) is 0. The van der Waals surface area contributed by atoms with Crippen LogP contribution >= 0.6 is 0 Å². The summed E-state index contributed by atoms with van der Waals surface area (Å²) in [5, 5.41) is 8.24. The van der Waals surface area contributed by atoms with E-state index in [-0.39, 0.29) is 17.8 Å². The number of urea groups is 1. The van der Waals surface area contributed by atoms with Gasteiger partial charge in [0.1, 0.15) is 5.82 Å². The number of carbonyl (C=O) groups excluding carboxylic acids is 2. The van der Waals surface area contributed by atoms with Gasteiger partial charge in [0.05, 0.1) is 12.1 Å². The molecule has 0 fully saturated rings. The first-order valence-electron chi connectivity index (χ1n) is 8.06. The van der Waals surface area contributed by atoms with E-state index in [4.69, 9.17) is 0 Å². The monoisotopic (exact) mass is 343 g/mol. The molecule has 25 heavy (non-hydrogen) atoms. The Balaban J connectivity index is 1.98. The lowest BCUT2D eigenvalue weighted by Gasteiger charge is -2.19. The van der Waals surface area contributed by atoms with Gasteiger partial charge in [-0.05, 0) is 37.6 Å². The number of carbonyl (C=O) groups is 2. The van der Waals surface area contributed by atoms with Crippen molar-refractivity contribution in [1.82, 2.24) is 10.6 Å². The molecule has 0 spiro atoms. The molecule has 0 radical (unpaired) electrons. The van der Waals surface area contributed by atoms with Gasteiger partial charge in [-0.3, -0.25) is 4.79 Å². The van der Waals surface area contributed by atoms with Crippen molar-refractivity contribution in [3.05, 3.63) is 65.5 Å². The summed E-state index contributed by atoms with van der Waals surface area (Å²) >= 11 is 0. The van der Waals surface area contributed by atoms with Crippen LogP contribution in [0.1, 0.15) is 44.0 Å². The quantitative estimate of drug-likeness (QED) is 0.770. The van der Waals surface area contributed by atoms with Gasteiger partial charge in [0.2, 0.25) is 5.91 Å². The third-order valence-electron chi connectivity index (χ3n) is 3.77. The minimum Gasteiger partial charge on any atom is -0.332 e. The van der Waals surface area contributed by atoms with Crippen LogP contribution in [0.3, 0.4) is 0 Å². The van der Waals surface area contributed by atoms with E-state index in [1.165, 1.54) is 13.0 Å². The van der Waals surface area contributed by atoms with Gasteiger partial charge >= 0.3 is 6.03 Å². The fraction of sp³-hybridized carbons (Fsp3) is 0.263. The average Bonchev–Trinajstić information content (AvgIpc) is 2.54. The van der Waals surface area contributed by atoms with E-state index >= 15 is 0 Å². The van der Waals surface area contributed by atoms with E-state index in [0.717, 1.165) is 5.56 Å². The van der Waals surface area contributed by atoms with Crippen LogP contribution in [-0.4, -0.2) is 11.9 Å². The van der Waals surface area contributed by atoms with Crippen LogP contribution in [-0.2, 0) is 4.79 Å². The van der Waals surface area contributed by atoms with Crippen LogP contribution in [0.5, 0.6) is 0 Å². The number of halogens is 1. The third-order valence-corrected chi connectivity index (χ3v) is 3.77. The zero-order chi connectivity index (χ0) is 18.4. The Hall–Kier alpha value is -2.89. The largest absolute Gasteiger partial charge is 0.332 e. The molecule has 2 aromatic rings. The number of hydrogen-bond acceptors (Lipinski definition) is 2. The third kappa shape index (κ3) is 5.31. The highest BCUT2D eigenvalue weighted by Crippen LogP contribution is 2.19. The van der Waals surface area contributed by atoms with Gasteiger partial charge in [0, 0.05) is 18.2 Å². The van der Waals surface area contributed by atoms with Crippen LogP contribution in [0.4, 0.5) is 14.9 Å². The highest BCUT2D eigenvalue weighted by Gasteiger charge is 2.15. The van der Waals surface area contributed by atoms with Gasteiger partial charge in [0.25, 0.3) is 0 Å². The Labute approximate surface area is 146 Å². The van der Waals surface area contributed by atoms with Gasteiger partial charge in [-0.25, -0.2) is 9.18 Å². The van der Waals surface area contributed by atoms with E-state index in [1.54, 1.807) is 43.3 Å². The van der Waals surface area contributed by atoms with E-state index in [1.807, 2.05) is 13.0 Å². The molecular formula is C19H22FN3O2. The van der Waals surface area contributed by atoms with Gasteiger partial charge in [0.15, 0.2) is 0 Å². The molecule has 3 amide bonds. The second kappa shape index (κ2) is 8.28. The van der Waals surface area contributed by atoms with E-state index < -0.39 is 12.1 Å². The topological polar surface area (TPSA) is 70.2 Å². The fourth-order valence-electron chi connectivity index (χ4n) is 2.51. The Morgan fingerprint density at radius 1 is 0.960 bits per heavy atom. The maximum atomic E-state index is 13.8. The number of anilines is 1. The lowest BCUT2D eigenvalue weighted by Crippen LogP contribution is -2.38. The Morgan fingerprint density at radius 2 is 1.64 bits per heavy atom. The Morgan fingerprint density at radius 3 is 2.32 bits per heavy atom. The molecule has 0 bridgehead atoms. The summed E-state index contributed by atoms with van der Waals surface area (Å²) in [6.45, 7) is 4.99. The number of hydrogen-bond donors (Lipinski definition) is 3. The highest BCUT2D eigenvalue weighted by atomic mass is 19.1. The summed E-state index contributed by atoms with van der Waals surface area (Å²) < 4.78 is 13.8. The van der Waals surface area contributed by atoms with Gasteiger partial charge in [-0.15, -0.1) is 0 Å². The van der Waals surface area contributed by atoms with Crippen molar-refractivity contribution in [3.8, 4) is 0 Å². The van der Waals surface area contributed by atoms with Crippen molar-refractivity contribution in [2.75, 3.05) is 5.32 Å².